The molecule has 182 valence electrons. The first-order valence-electron chi connectivity index (χ1n) is 11.4. The highest BCUT2D eigenvalue weighted by Gasteiger charge is 2.51. The lowest BCUT2D eigenvalue weighted by atomic mass is 9.69. The van der Waals surface area contributed by atoms with E-state index in [1.54, 1.807) is 18.3 Å². The Hall–Kier alpha value is -2.94. The summed E-state index contributed by atoms with van der Waals surface area (Å²) < 4.78 is 39.4. The summed E-state index contributed by atoms with van der Waals surface area (Å²) in [5, 5.41) is 9.89. The molecule has 6 nitrogen and oxygen atoms in total. The van der Waals surface area contributed by atoms with Gasteiger partial charge in [-0.25, -0.2) is 0 Å². The fraction of sp³-hybridized carbons (Fsp3) is 0.480. The summed E-state index contributed by atoms with van der Waals surface area (Å²) in [6.45, 7) is 0.689. The van der Waals surface area contributed by atoms with Crippen LogP contribution in [0.2, 0.25) is 0 Å². The maximum Gasteiger partial charge on any atom is 0.421 e. The van der Waals surface area contributed by atoms with Crippen LogP contribution in [0.3, 0.4) is 0 Å². The van der Waals surface area contributed by atoms with Gasteiger partial charge in [0.15, 0.2) is 5.60 Å². The Morgan fingerprint density at radius 2 is 1.62 bits per heavy atom. The van der Waals surface area contributed by atoms with Crippen molar-refractivity contribution in [3.8, 4) is 0 Å². The third-order valence-electron chi connectivity index (χ3n) is 7.25. The molecule has 0 radical (unpaired) electrons. The summed E-state index contributed by atoms with van der Waals surface area (Å²) in [5.41, 5.74) is 2.50. The number of halogens is 3. The molecule has 0 bridgehead atoms. The van der Waals surface area contributed by atoms with E-state index >= 15 is 0 Å². The molecule has 2 aliphatic carbocycles. The molecule has 0 saturated heterocycles. The molecule has 1 aromatic heterocycles. The van der Waals surface area contributed by atoms with Crippen molar-refractivity contribution in [3.05, 3.63) is 65.5 Å². The predicted octanol–water partition coefficient (Wildman–Crippen LogP) is 3.82. The highest BCUT2D eigenvalue weighted by Crippen LogP contribution is 2.43. The van der Waals surface area contributed by atoms with E-state index in [0.717, 1.165) is 25.0 Å². The van der Waals surface area contributed by atoms with Gasteiger partial charge in [0.05, 0.1) is 11.1 Å². The van der Waals surface area contributed by atoms with E-state index in [4.69, 9.17) is 5.73 Å². The Morgan fingerprint density at radius 3 is 2.09 bits per heavy atom. The van der Waals surface area contributed by atoms with E-state index in [0.29, 0.717) is 38.3 Å². The van der Waals surface area contributed by atoms with E-state index < -0.39 is 23.1 Å². The molecule has 9 heteroatoms. The van der Waals surface area contributed by atoms with Gasteiger partial charge in [-0.1, -0.05) is 18.2 Å². The van der Waals surface area contributed by atoms with E-state index in [1.807, 2.05) is 11.0 Å². The zero-order valence-corrected chi connectivity index (χ0v) is 18.9. The molecule has 1 aromatic carbocycles. The second-order valence-electron chi connectivity index (χ2n) is 9.48. The monoisotopic (exact) mass is 475 g/mol. The van der Waals surface area contributed by atoms with Crippen molar-refractivity contribution in [2.24, 2.45) is 5.73 Å². The molecule has 2 fully saturated rings. The lowest BCUT2D eigenvalue weighted by molar-refractivity contribution is -0.258. The average molecular weight is 476 g/mol. The van der Waals surface area contributed by atoms with Crippen LogP contribution < -0.4 is 5.73 Å². The first-order valence-corrected chi connectivity index (χ1v) is 11.4. The number of aliphatic hydroxyl groups is 1. The molecule has 4 rings (SSSR count). The third-order valence-corrected chi connectivity index (χ3v) is 7.25. The van der Waals surface area contributed by atoms with Gasteiger partial charge >= 0.3 is 6.18 Å². The highest BCUT2D eigenvalue weighted by atomic mass is 19.4. The van der Waals surface area contributed by atoms with Gasteiger partial charge in [-0.15, -0.1) is 0 Å². The first-order chi connectivity index (χ1) is 16.0. The molecule has 1 heterocycles. The lowest BCUT2D eigenvalue weighted by Gasteiger charge is -2.42. The Kier molecular flexibility index (Phi) is 6.18. The number of hydrogen-bond acceptors (Lipinski definition) is 4. The number of hydrogen-bond donors (Lipinski definition) is 2. The molecule has 2 saturated carbocycles. The Balaban J connectivity index is 1.53. The molecule has 2 aliphatic rings. The van der Waals surface area contributed by atoms with Gasteiger partial charge in [0, 0.05) is 23.8 Å². The number of aromatic nitrogens is 1. The number of carbonyl (C=O) groups excluding carboxylic acids is 2. The number of pyridine rings is 1. The van der Waals surface area contributed by atoms with Gasteiger partial charge in [0.1, 0.15) is 0 Å². The van der Waals surface area contributed by atoms with Gasteiger partial charge < -0.3 is 15.7 Å². The lowest BCUT2D eigenvalue weighted by Crippen LogP contribution is -2.50. The molecular formula is C25H28F3N3O3. The standard InChI is InChI=1S/C25H28F3N3O3/c1-23(34,25(26,27)28)17-7-5-16(6-8-17)21(32)31(18-9-10-18)19-11-13-24(14-12-19,22(29)33)20-4-2-3-15-30-20/h2-8,15,18-19,34H,9-14H2,1H3,(H2,29,33)/t19?,23-,24?/m0/s1. The van der Waals surface area contributed by atoms with Crippen molar-refractivity contribution in [1.82, 2.24) is 9.88 Å². The minimum absolute atomic E-state index is 0.0754. The number of carbonyl (C=O) groups is 2. The fourth-order valence-electron chi connectivity index (χ4n) is 4.88. The van der Waals surface area contributed by atoms with Crippen molar-refractivity contribution in [3.63, 3.8) is 0 Å². The van der Waals surface area contributed by atoms with Crippen molar-refractivity contribution in [2.45, 2.75) is 74.7 Å². The zero-order chi connectivity index (χ0) is 24.7. The SMILES string of the molecule is C[C@](O)(c1ccc(C(=O)N(C2CC2)C2CCC(C(N)=O)(c3ccccn3)CC2)cc1)C(F)(F)F. The van der Waals surface area contributed by atoms with Crippen LogP contribution >= 0.6 is 0 Å². The number of nitrogens with two attached hydrogens (primary N) is 1. The zero-order valence-electron chi connectivity index (χ0n) is 18.9. The van der Waals surface area contributed by atoms with E-state index in [1.165, 1.54) is 12.1 Å². The number of benzene rings is 1. The molecule has 0 unspecified atom stereocenters. The summed E-state index contributed by atoms with van der Waals surface area (Å²) in [6, 6.07) is 10.3. The van der Waals surface area contributed by atoms with Crippen LogP contribution in [0, 0.1) is 0 Å². The summed E-state index contributed by atoms with van der Waals surface area (Å²) in [4.78, 5) is 32.0. The molecule has 3 N–H and O–H groups in total. The Labute approximate surface area is 196 Å². The van der Waals surface area contributed by atoms with Crippen molar-refractivity contribution >= 4 is 11.8 Å². The van der Waals surface area contributed by atoms with Gasteiger partial charge in [-0.05, 0) is 75.3 Å². The van der Waals surface area contributed by atoms with Crippen LogP contribution in [-0.2, 0) is 15.8 Å². The maximum atomic E-state index is 13.4. The predicted molar refractivity (Wildman–Crippen MR) is 119 cm³/mol. The molecule has 1 atom stereocenters. The molecule has 2 amide bonds. The number of rotatable bonds is 6. The average Bonchev–Trinajstić information content (AvgIpc) is 3.64. The summed E-state index contributed by atoms with van der Waals surface area (Å²) in [7, 11) is 0. The van der Waals surface area contributed by atoms with Gasteiger partial charge in [0.2, 0.25) is 5.91 Å². The van der Waals surface area contributed by atoms with Crippen LogP contribution in [0.25, 0.3) is 0 Å². The van der Waals surface area contributed by atoms with Crippen LogP contribution in [0.4, 0.5) is 13.2 Å². The quantitative estimate of drug-likeness (QED) is 0.664. The van der Waals surface area contributed by atoms with Crippen LogP contribution in [0.5, 0.6) is 0 Å². The van der Waals surface area contributed by atoms with E-state index in [2.05, 4.69) is 4.98 Å². The topological polar surface area (TPSA) is 96.5 Å². The third kappa shape index (κ3) is 4.29. The summed E-state index contributed by atoms with van der Waals surface area (Å²) in [6.07, 6.45) is 0.606. The maximum absolute atomic E-state index is 13.4. The molecular weight excluding hydrogens is 447 g/mol. The Bertz CT molecular complexity index is 1040. The van der Waals surface area contributed by atoms with Crippen LogP contribution in [0.1, 0.15) is 67.1 Å². The molecule has 0 spiro atoms. The van der Waals surface area contributed by atoms with E-state index in [9.17, 15) is 27.9 Å². The molecule has 2 aromatic rings. The summed E-state index contributed by atoms with van der Waals surface area (Å²) >= 11 is 0. The molecule has 0 aliphatic heterocycles. The minimum atomic E-state index is -4.83. The van der Waals surface area contributed by atoms with Crippen LogP contribution in [-0.4, -0.2) is 45.1 Å². The minimum Gasteiger partial charge on any atom is -0.376 e. The fourth-order valence-corrected chi connectivity index (χ4v) is 4.88. The highest BCUT2D eigenvalue weighted by molar-refractivity contribution is 5.95. The number of amides is 2. The van der Waals surface area contributed by atoms with E-state index in [-0.39, 0.29) is 29.1 Å². The van der Waals surface area contributed by atoms with Gasteiger partial charge in [0.25, 0.3) is 5.91 Å². The van der Waals surface area contributed by atoms with Crippen molar-refractivity contribution < 1.29 is 27.9 Å². The first kappa shape index (κ1) is 24.2. The largest absolute Gasteiger partial charge is 0.421 e. The Morgan fingerprint density at radius 1 is 1.03 bits per heavy atom. The smallest absolute Gasteiger partial charge is 0.376 e. The normalized spacial score (nSPS) is 24.8. The van der Waals surface area contributed by atoms with Crippen molar-refractivity contribution in [2.75, 3.05) is 0 Å². The summed E-state index contributed by atoms with van der Waals surface area (Å²) in [5.74, 6) is -0.684. The number of primary amides is 1. The van der Waals surface area contributed by atoms with Gasteiger partial charge in [-0.2, -0.15) is 13.2 Å². The van der Waals surface area contributed by atoms with Gasteiger partial charge in [-0.3, -0.25) is 14.6 Å². The van der Waals surface area contributed by atoms with Crippen molar-refractivity contribution in [1.29, 1.82) is 0 Å². The second kappa shape index (κ2) is 8.69. The second-order valence-corrected chi connectivity index (χ2v) is 9.48. The number of nitrogens with zero attached hydrogens (tertiary/aromatic N) is 2. The van der Waals surface area contributed by atoms with Crippen LogP contribution in [0.15, 0.2) is 48.7 Å². The molecule has 34 heavy (non-hydrogen) atoms. The number of alkyl halides is 3.